The average Bonchev–Trinajstić information content (AvgIpc) is 2.78. The zero-order valence-electron chi connectivity index (χ0n) is 19.0. The summed E-state index contributed by atoms with van der Waals surface area (Å²) in [6.45, 7) is 4.62. The van der Waals surface area contributed by atoms with Crippen molar-refractivity contribution in [1.82, 2.24) is 9.80 Å². The molecule has 1 unspecified atom stereocenters. The van der Waals surface area contributed by atoms with Crippen molar-refractivity contribution < 1.29 is 22.8 Å². The van der Waals surface area contributed by atoms with Gasteiger partial charge in [0.1, 0.15) is 6.54 Å². The lowest BCUT2D eigenvalue weighted by molar-refractivity contribution is -0.137. The average molecular weight is 462 g/mol. The summed E-state index contributed by atoms with van der Waals surface area (Å²) >= 11 is 0. The Hall–Kier alpha value is -3.03. The van der Waals surface area contributed by atoms with Crippen LogP contribution in [0.3, 0.4) is 0 Å². The zero-order valence-corrected chi connectivity index (χ0v) is 19.0. The number of carbonyl (C=O) groups is 2. The van der Waals surface area contributed by atoms with Gasteiger partial charge in [-0.15, -0.1) is 0 Å². The van der Waals surface area contributed by atoms with E-state index >= 15 is 0 Å². The number of nitrogens with zero attached hydrogens (tertiary/aromatic N) is 2. The van der Waals surface area contributed by atoms with Gasteiger partial charge in [-0.1, -0.05) is 56.2 Å². The minimum Gasteiger partial charge on any atom is -0.334 e. The Kier molecular flexibility index (Phi) is 8.00. The van der Waals surface area contributed by atoms with Crippen LogP contribution in [0.1, 0.15) is 55.8 Å². The largest absolute Gasteiger partial charge is 0.418 e. The van der Waals surface area contributed by atoms with Crippen molar-refractivity contribution in [2.45, 2.75) is 51.7 Å². The Balaban J connectivity index is 1.75. The number of unbranched alkanes of at least 4 members (excludes halogenated alkanes) is 2. The molecule has 0 bridgehead atoms. The second-order valence-corrected chi connectivity index (χ2v) is 8.31. The van der Waals surface area contributed by atoms with E-state index in [0.29, 0.717) is 19.5 Å². The SMILES string of the molecule is CCCCCN(CC(=O)N1CCc2ccccc2C1C)C(=O)Nc1ccccc1C(F)(F)F. The summed E-state index contributed by atoms with van der Waals surface area (Å²) < 4.78 is 40.0. The van der Waals surface area contributed by atoms with Crippen LogP contribution >= 0.6 is 0 Å². The monoisotopic (exact) mass is 461 g/mol. The molecule has 0 aromatic heterocycles. The first kappa shape index (κ1) is 24.6. The second kappa shape index (κ2) is 10.7. The van der Waals surface area contributed by atoms with Gasteiger partial charge in [-0.3, -0.25) is 4.79 Å². The molecule has 2 aromatic carbocycles. The highest BCUT2D eigenvalue weighted by atomic mass is 19.4. The van der Waals surface area contributed by atoms with Gasteiger partial charge in [-0.25, -0.2) is 4.79 Å². The number of para-hydroxylation sites is 1. The molecule has 5 nitrogen and oxygen atoms in total. The standard InChI is InChI=1S/C25H30F3N3O2/c1-3-4-9-15-30(24(33)29-22-13-8-7-12-21(22)25(26,27)28)17-23(32)31-16-14-19-10-5-6-11-20(19)18(31)2/h5-8,10-13,18H,3-4,9,14-17H2,1-2H3,(H,29,33). The quantitative estimate of drug-likeness (QED) is 0.524. The van der Waals surface area contributed by atoms with Crippen LogP contribution in [-0.2, 0) is 17.4 Å². The van der Waals surface area contributed by atoms with Crippen molar-refractivity contribution in [3.05, 3.63) is 65.2 Å². The summed E-state index contributed by atoms with van der Waals surface area (Å²) in [5.74, 6) is -0.215. The van der Waals surface area contributed by atoms with Crippen LogP contribution in [0.15, 0.2) is 48.5 Å². The molecule has 0 saturated carbocycles. The number of carbonyl (C=O) groups excluding carboxylic acids is 2. The van der Waals surface area contributed by atoms with E-state index in [4.69, 9.17) is 0 Å². The number of alkyl halides is 3. The van der Waals surface area contributed by atoms with Gasteiger partial charge >= 0.3 is 12.2 Å². The van der Waals surface area contributed by atoms with Gasteiger partial charge in [0, 0.05) is 13.1 Å². The van der Waals surface area contributed by atoms with Crippen molar-refractivity contribution in [2.24, 2.45) is 0 Å². The molecule has 33 heavy (non-hydrogen) atoms. The molecule has 1 aliphatic rings. The number of amides is 3. The molecule has 0 spiro atoms. The van der Waals surface area contributed by atoms with Gasteiger partial charge in [-0.05, 0) is 43.0 Å². The maximum atomic E-state index is 13.3. The Morgan fingerprint density at radius 1 is 1.09 bits per heavy atom. The summed E-state index contributed by atoms with van der Waals surface area (Å²) in [5, 5.41) is 2.38. The van der Waals surface area contributed by atoms with Crippen LogP contribution in [0, 0.1) is 0 Å². The molecule has 3 rings (SSSR count). The van der Waals surface area contributed by atoms with Gasteiger partial charge in [0.15, 0.2) is 0 Å². The van der Waals surface area contributed by atoms with Crippen LogP contribution in [0.2, 0.25) is 0 Å². The van der Waals surface area contributed by atoms with Gasteiger partial charge in [-0.2, -0.15) is 13.2 Å². The number of fused-ring (bicyclic) bond motifs is 1. The topological polar surface area (TPSA) is 52.7 Å². The van der Waals surface area contributed by atoms with Crippen molar-refractivity contribution in [3.8, 4) is 0 Å². The Labute approximate surface area is 192 Å². The lowest BCUT2D eigenvalue weighted by Crippen LogP contribution is -2.47. The number of urea groups is 1. The minimum absolute atomic E-state index is 0.131. The minimum atomic E-state index is -4.59. The van der Waals surface area contributed by atoms with E-state index in [9.17, 15) is 22.8 Å². The fraction of sp³-hybridized carbons (Fsp3) is 0.440. The zero-order chi connectivity index (χ0) is 24.0. The first-order valence-corrected chi connectivity index (χ1v) is 11.3. The molecule has 2 aromatic rings. The van der Waals surface area contributed by atoms with Gasteiger partial charge in [0.25, 0.3) is 0 Å². The highest BCUT2D eigenvalue weighted by molar-refractivity contribution is 5.93. The number of halogens is 3. The normalized spacial score (nSPS) is 15.7. The maximum absolute atomic E-state index is 13.3. The van der Waals surface area contributed by atoms with E-state index in [1.807, 2.05) is 32.0 Å². The second-order valence-electron chi connectivity index (χ2n) is 8.31. The van der Waals surface area contributed by atoms with Crippen LogP contribution in [-0.4, -0.2) is 41.4 Å². The molecule has 0 radical (unpaired) electrons. The summed E-state index contributed by atoms with van der Waals surface area (Å²) in [5.41, 5.74) is 1.05. The lowest BCUT2D eigenvalue weighted by Gasteiger charge is -2.36. The van der Waals surface area contributed by atoms with Crippen molar-refractivity contribution in [2.75, 3.05) is 25.0 Å². The first-order chi connectivity index (χ1) is 15.7. The van der Waals surface area contributed by atoms with E-state index in [1.54, 1.807) is 4.90 Å². The predicted molar refractivity (Wildman–Crippen MR) is 122 cm³/mol. The van der Waals surface area contributed by atoms with Gasteiger partial charge in [0.05, 0.1) is 17.3 Å². The Morgan fingerprint density at radius 3 is 2.52 bits per heavy atom. The highest BCUT2D eigenvalue weighted by Crippen LogP contribution is 2.35. The number of benzene rings is 2. The smallest absolute Gasteiger partial charge is 0.334 e. The molecule has 178 valence electrons. The third-order valence-electron chi connectivity index (χ3n) is 6.03. The molecule has 3 amide bonds. The molecule has 1 atom stereocenters. The number of nitrogens with one attached hydrogen (secondary N) is 1. The molecule has 0 fully saturated rings. The van der Waals surface area contributed by atoms with Gasteiger partial charge in [0.2, 0.25) is 5.91 Å². The van der Waals surface area contributed by atoms with Crippen LogP contribution in [0.5, 0.6) is 0 Å². The molecular formula is C25H30F3N3O2. The Morgan fingerprint density at radius 2 is 1.79 bits per heavy atom. The van der Waals surface area contributed by atoms with Crippen molar-refractivity contribution in [1.29, 1.82) is 0 Å². The number of hydrogen-bond donors (Lipinski definition) is 1. The van der Waals surface area contributed by atoms with E-state index in [0.717, 1.165) is 30.9 Å². The number of rotatable bonds is 7. The lowest BCUT2D eigenvalue weighted by atomic mass is 9.93. The molecule has 0 aliphatic carbocycles. The summed E-state index contributed by atoms with van der Waals surface area (Å²) in [6.07, 6.45) is -1.43. The fourth-order valence-corrected chi connectivity index (χ4v) is 4.21. The van der Waals surface area contributed by atoms with Crippen LogP contribution in [0.4, 0.5) is 23.7 Å². The molecule has 0 saturated heterocycles. The number of anilines is 1. The Bertz CT molecular complexity index is 977. The van der Waals surface area contributed by atoms with Crippen molar-refractivity contribution in [3.63, 3.8) is 0 Å². The molecule has 1 heterocycles. The van der Waals surface area contributed by atoms with Crippen molar-refractivity contribution >= 4 is 17.6 Å². The summed E-state index contributed by atoms with van der Waals surface area (Å²) in [7, 11) is 0. The third-order valence-corrected chi connectivity index (χ3v) is 6.03. The number of hydrogen-bond acceptors (Lipinski definition) is 2. The van der Waals surface area contributed by atoms with E-state index in [1.165, 1.54) is 28.7 Å². The van der Waals surface area contributed by atoms with E-state index in [2.05, 4.69) is 11.4 Å². The maximum Gasteiger partial charge on any atom is 0.418 e. The molecular weight excluding hydrogens is 431 g/mol. The molecule has 1 aliphatic heterocycles. The molecule has 1 N–H and O–H groups in total. The predicted octanol–water partition coefficient (Wildman–Crippen LogP) is 5.88. The fourth-order valence-electron chi connectivity index (χ4n) is 4.21. The summed E-state index contributed by atoms with van der Waals surface area (Å²) in [6, 6.07) is 12.0. The van der Waals surface area contributed by atoms with Crippen LogP contribution in [0.25, 0.3) is 0 Å². The first-order valence-electron chi connectivity index (χ1n) is 11.3. The summed E-state index contributed by atoms with van der Waals surface area (Å²) in [4.78, 5) is 29.2. The van der Waals surface area contributed by atoms with E-state index < -0.39 is 17.8 Å². The third kappa shape index (κ3) is 6.06. The van der Waals surface area contributed by atoms with Gasteiger partial charge < -0.3 is 15.1 Å². The van der Waals surface area contributed by atoms with E-state index in [-0.39, 0.29) is 24.2 Å². The highest BCUT2D eigenvalue weighted by Gasteiger charge is 2.34. The molecule has 8 heteroatoms. The van der Waals surface area contributed by atoms with Crippen LogP contribution < -0.4 is 5.32 Å².